The molecule has 0 unspecified atom stereocenters. The van der Waals surface area contributed by atoms with Crippen LogP contribution in [0.5, 0.6) is 0 Å². The Morgan fingerprint density at radius 2 is 2.11 bits per heavy atom. The van der Waals surface area contributed by atoms with Gasteiger partial charge >= 0.3 is 5.69 Å². The molecule has 0 aliphatic carbocycles. The van der Waals surface area contributed by atoms with Gasteiger partial charge in [0.25, 0.3) is 0 Å². The number of hydrogen-bond donors (Lipinski definition) is 4. The van der Waals surface area contributed by atoms with E-state index in [1.807, 2.05) is 0 Å². The molecule has 3 aromatic heterocycles. The molecule has 0 saturated heterocycles. The molecule has 0 fully saturated rings. The number of pyridine rings is 2. The van der Waals surface area contributed by atoms with E-state index in [1.165, 1.54) is 6.07 Å². The molecule has 0 aromatic carbocycles. The maximum Gasteiger partial charge on any atom is 0.314 e. The Kier molecular flexibility index (Phi) is 5.40. The van der Waals surface area contributed by atoms with Crippen molar-refractivity contribution >= 4 is 23.1 Å². The number of anilines is 3. The first-order valence-electron chi connectivity index (χ1n) is 8.00. The van der Waals surface area contributed by atoms with Gasteiger partial charge in [0.15, 0.2) is 17.5 Å². The number of rotatable bonds is 7. The molecule has 0 spiro atoms. The van der Waals surface area contributed by atoms with Gasteiger partial charge in [0.05, 0.1) is 35.5 Å². The molecule has 0 bridgehead atoms. The Bertz CT molecular complexity index is 994. The van der Waals surface area contributed by atoms with Gasteiger partial charge in [0, 0.05) is 11.8 Å². The van der Waals surface area contributed by atoms with Gasteiger partial charge in [-0.3, -0.25) is 20.2 Å². The lowest BCUT2D eigenvalue weighted by molar-refractivity contribution is -0.384. The van der Waals surface area contributed by atoms with E-state index in [0.717, 1.165) is 12.3 Å². The van der Waals surface area contributed by atoms with Gasteiger partial charge in [0.2, 0.25) is 5.82 Å². The zero-order chi connectivity index (χ0) is 20.3. The Balaban J connectivity index is 1.95. The van der Waals surface area contributed by atoms with Crippen molar-refractivity contribution < 1.29 is 18.8 Å². The van der Waals surface area contributed by atoms with Gasteiger partial charge in [-0.25, -0.2) is 13.8 Å². The summed E-state index contributed by atoms with van der Waals surface area (Å²) in [4.78, 5) is 18.2. The van der Waals surface area contributed by atoms with E-state index in [-0.39, 0.29) is 23.1 Å². The number of hydrogen-bond acceptors (Lipinski definition) is 8. The number of halogens is 2. The van der Waals surface area contributed by atoms with E-state index < -0.39 is 34.9 Å². The largest absolute Gasteiger partial charge is 0.394 e. The Hall–Kier alpha value is -3.67. The van der Waals surface area contributed by atoms with Crippen LogP contribution >= 0.6 is 0 Å². The summed E-state index contributed by atoms with van der Waals surface area (Å²) < 4.78 is 27.3. The first-order chi connectivity index (χ1) is 13.4. The van der Waals surface area contributed by atoms with Crippen LogP contribution in [0.1, 0.15) is 17.4 Å². The second-order valence-corrected chi connectivity index (χ2v) is 5.79. The Morgan fingerprint density at radius 3 is 2.68 bits per heavy atom. The molecule has 12 heteroatoms. The maximum atomic E-state index is 14.3. The van der Waals surface area contributed by atoms with E-state index in [2.05, 4.69) is 30.8 Å². The Morgan fingerprint density at radius 1 is 1.32 bits per heavy atom. The van der Waals surface area contributed by atoms with Gasteiger partial charge in [-0.15, -0.1) is 0 Å². The fourth-order valence-electron chi connectivity index (χ4n) is 2.39. The van der Waals surface area contributed by atoms with Crippen LogP contribution in [0.4, 0.5) is 31.9 Å². The summed E-state index contributed by atoms with van der Waals surface area (Å²) in [5.41, 5.74) is 0.300. The number of nitro groups is 1. The van der Waals surface area contributed by atoms with Crippen molar-refractivity contribution in [3.8, 4) is 0 Å². The minimum Gasteiger partial charge on any atom is -0.394 e. The standard InChI is InChI=1S/C16H15F2N7O3/c1-8-4-14(24-23-8)21-15-10(18)5-13(25(27)28)16(22-15)20-12(7-26)11-3-2-9(17)6-19-11/h2-6,12,26H,7H2,1H3,(H3,20,21,22,23,24)/t12-/m0/s1. The summed E-state index contributed by atoms with van der Waals surface area (Å²) in [5.74, 6) is -1.87. The van der Waals surface area contributed by atoms with Crippen LogP contribution in [0.15, 0.2) is 30.5 Å². The van der Waals surface area contributed by atoms with Crippen LogP contribution in [-0.2, 0) is 0 Å². The summed E-state index contributed by atoms with van der Waals surface area (Å²) in [6.45, 7) is 1.22. The summed E-state index contributed by atoms with van der Waals surface area (Å²) in [7, 11) is 0. The van der Waals surface area contributed by atoms with Crippen LogP contribution in [0, 0.1) is 28.7 Å². The van der Waals surface area contributed by atoms with Crippen LogP contribution in [0.2, 0.25) is 0 Å². The van der Waals surface area contributed by atoms with E-state index in [9.17, 15) is 24.0 Å². The molecule has 0 aliphatic rings. The zero-order valence-electron chi connectivity index (χ0n) is 14.5. The molecule has 1 atom stereocenters. The highest BCUT2D eigenvalue weighted by molar-refractivity contribution is 5.64. The number of aryl methyl sites for hydroxylation is 1. The number of nitrogens with one attached hydrogen (secondary N) is 3. The minimum absolute atomic E-state index is 0.224. The van der Waals surface area contributed by atoms with Crippen molar-refractivity contribution in [2.24, 2.45) is 0 Å². The molecule has 0 aliphatic heterocycles. The molecule has 28 heavy (non-hydrogen) atoms. The highest BCUT2D eigenvalue weighted by Crippen LogP contribution is 2.30. The van der Waals surface area contributed by atoms with Crippen LogP contribution in [0.3, 0.4) is 0 Å². The van der Waals surface area contributed by atoms with Crippen LogP contribution in [0.25, 0.3) is 0 Å². The normalized spacial score (nSPS) is 11.9. The van der Waals surface area contributed by atoms with Gasteiger partial charge < -0.3 is 15.7 Å². The van der Waals surface area contributed by atoms with Crippen LogP contribution < -0.4 is 10.6 Å². The monoisotopic (exact) mass is 391 g/mol. The maximum absolute atomic E-state index is 14.3. The molecule has 3 rings (SSSR count). The third kappa shape index (κ3) is 4.17. The highest BCUT2D eigenvalue weighted by atomic mass is 19.1. The average Bonchev–Trinajstić information content (AvgIpc) is 3.07. The third-order valence-corrected chi connectivity index (χ3v) is 3.71. The molecule has 0 amide bonds. The van der Waals surface area contributed by atoms with E-state index in [1.54, 1.807) is 13.0 Å². The topological polar surface area (TPSA) is 142 Å². The molecule has 3 heterocycles. The predicted octanol–water partition coefficient (Wildman–Crippen LogP) is 2.58. The number of aliphatic hydroxyl groups is 1. The van der Waals surface area contributed by atoms with E-state index in [4.69, 9.17) is 0 Å². The first kappa shape index (κ1) is 19.1. The van der Waals surface area contributed by atoms with Gasteiger partial charge in [-0.1, -0.05) is 0 Å². The molecule has 4 N–H and O–H groups in total. The smallest absolute Gasteiger partial charge is 0.314 e. The molecular weight excluding hydrogens is 376 g/mol. The second-order valence-electron chi connectivity index (χ2n) is 5.79. The zero-order valence-corrected chi connectivity index (χ0v) is 14.5. The predicted molar refractivity (Wildman–Crippen MR) is 95.1 cm³/mol. The molecule has 3 aromatic rings. The summed E-state index contributed by atoms with van der Waals surface area (Å²) in [6.07, 6.45) is 0.944. The van der Waals surface area contributed by atoms with Crippen molar-refractivity contribution in [1.82, 2.24) is 20.2 Å². The first-order valence-corrected chi connectivity index (χ1v) is 8.00. The van der Waals surface area contributed by atoms with Crippen LogP contribution in [-0.4, -0.2) is 36.8 Å². The molecule has 0 radical (unpaired) electrons. The quantitative estimate of drug-likeness (QED) is 0.356. The number of aliphatic hydroxyl groups excluding tert-OH is 1. The average molecular weight is 391 g/mol. The number of aromatic amines is 1. The molecule has 146 valence electrons. The number of aromatic nitrogens is 4. The molecular formula is C16H15F2N7O3. The number of H-pyrrole nitrogens is 1. The van der Waals surface area contributed by atoms with Crippen molar-refractivity contribution in [2.75, 3.05) is 17.2 Å². The highest BCUT2D eigenvalue weighted by Gasteiger charge is 2.24. The lowest BCUT2D eigenvalue weighted by Crippen LogP contribution is -2.18. The van der Waals surface area contributed by atoms with E-state index >= 15 is 0 Å². The van der Waals surface area contributed by atoms with Crippen molar-refractivity contribution in [1.29, 1.82) is 0 Å². The molecule has 10 nitrogen and oxygen atoms in total. The fraction of sp³-hybridized carbons (Fsp3) is 0.188. The summed E-state index contributed by atoms with van der Waals surface area (Å²) in [5, 5.41) is 32.7. The Labute approximate surface area is 156 Å². The minimum atomic E-state index is -0.960. The lowest BCUT2D eigenvalue weighted by Gasteiger charge is -2.17. The second kappa shape index (κ2) is 7.92. The summed E-state index contributed by atoms with van der Waals surface area (Å²) in [6, 6.07) is 3.80. The van der Waals surface area contributed by atoms with Gasteiger partial charge in [0.1, 0.15) is 5.82 Å². The van der Waals surface area contributed by atoms with Crippen molar-refractivity contribution in [2.45, 2.75) is 13.0 Å². The summed E-state index contributed by atoms with van der Waals surface area (Å²) >= 11 is 0. The third-order valence-electron chi connectivity index (χ3n) is 3.71. The SMILES string of the molecule is Cc1cc(Nc2nc(N[C@@H](CO)c3ccc(F)cn3)c([N+](=O)[O-])cc2F)n[nH]1. The van der Waals surface area contributed by atoms with E-state index in [0.29, 0.717) is 11.8 Å². The lowest BCUT2D eigenvalue weighted by atomic mass is 10.2. The van der Waals surface area contributed by atoms with Crippen molar-refractivity contribution in [3.05, 3.63) is 63.6 Å². The van der Waals surface area contributed by atoms with Crippen molar-refractivity contribution in [3.63, 3.8) is 0 Å². The number of nitrogens with zero attached hydrogens (tertiary/aromatic N) is 4. The molecule has 0 saturated carbocycles. The van der Waals surface area contributed by atoms with Gasteiger partial charge in [-0.05, 0) is 19.1 Å². The fourth-order valence-corrected chi connectivity index (χ4v) is 2.39. The van der Waals surface area contributed by atoms with Gasteiger partial charge in [-0.2, -0.15) is 5.10 Å².